The van der Waals surface area contributed by atoms with E-state index < -0.39 is 9.84 Å². The summed E-state index contributed by atoms with van der Waals surface area (Å²) < 4.78 is 25.8. The molecule has 1 aliphatic heterocycles. The molecule has 1 aromatic rings. The molecule has 0 spiro atoms. The molecule has 2 heterocycles. The van der Waals surface area contributed by atoms with E-state index in [4.69, 9.17) is 5.73 Å². The number of nitrogen functional groups attached to an aromatic ring is 1. The van der Waals surface area contributed by atoms with Crippen LogP contribution in [-0.2, 0) is 9.84 Å². The van der Waals surface area contributed by atoms with Crippen molar-refractivity contribution in [3.8, 4) is 0 Å². The summed E-state index contributed by atoms with van der Waals surface area (Å²) in [5.74, 6) is 0.621. The fraction of sp³-hybridized carbons (Fsp3) is 0.769. The van der Waals surface area contributed by atoms with Crippen LogP contribution in [0.15, 0.2) is 4.90 Å². The Morgan fingerprint density at radius 1 is 1.43 bits per heavy atom. The van der Waals surface area contributed by atoms with Gasteiger partial charge in [0.15, 0.2) is 20.6 Å². The lowest BCUT2D eigenvalue weighted by Gasteiger charge is -2.30. The molecule has 7 nitrogen and oxygen atoms in total. The summed E-state index contributed by atoms with van der Waals surface area (Å²) in [6.07, 6.45) is 2.87. The molecule has 0 bridgehead atoms. The minimum atomic E-state index is -3.46. The first-order chi connectivity index (χ1) is 9.75. The Balaban J connectivity index is 2.49. The van der Waals surface area contributed by atoms with Gasteiger partial charge < -0.3 is 15.7 Å². The number of hydrogen-bond donors (Lipinski definition) is 2. The van der Waals surface area contributed by atoms with Gasteiger partial charge in [-0.05, 0) is 26.2 Å². The second-order valence-electron chi connectivity index (χ2n) is 5.73. The fourth-order valence-corrected chi connectivity index (χ4v) is 3.54. The Morgan fingerprint density at radius 2 is 2.00 bits per heavy atom. The van der Waals surface area contributed by atoms with Gasteiger partial charge in [-0.3, -0.25) is 0 Å². The van der Waals surface area contributed by atoms with E-state index in [1.165, 1.54) is 0 Å². The van der Waals surface area contributed by atoms with Crippen molar-refractivity contribution in [2.75, 3.05) is 30.0 Å². The van der Waals surface area contributed by atoms with Crippen LogP contribution in [0.3, 0.4) is 0 Å². The highest BCUT2D eigenvalue weighted by atomic mass is 32.2. The Labute approximate surface area is 125 Å². The zero-order valence-electron chi connectivity index (χ0n) is 12.8. The molecule has 1 aliphatic rings. The van der Waals surface area contributed by atoms with E-state index >= 15 is 0 Å². The van der Waals surface area contributed by atoms with E-state index in [-0.39, 0.29) is 22.9 Å². The van der Waals surface area contributed by atoms with Crippen molar-refractivity contribution < 1.29 is 13.5 Å². The largest absolute Gasteiger partial charge is 0.393 e. The van der Waals surface area contributed by atoms with Gasteiger partial charge in [-0.1, -0.05) is 6.92 Å². The molecule has 1 aromatic heterocycles. The lowest BCUT2D eigenvalue weighted by Crippen LogP contribution is -2.36. The number of nitrogens with two attached hydrogens (primary N) is 1. The second-order valence-corrected chi connectivity index (χ2v) is 7.68. The number of sulfone groups is 1. The average Bonchev–Trinajstić information content (AvgIpc) is 2.76. The van der Waals surface area contributed by atoms with Crippen molar-refractivity contribution in [2.45, 2.75) is 50.2 Å². The molecule has 120 valence electrons. The smallest absolute Gasteiger partial charge is 0.182 e. The Bertz CT molecular complexity index is 603. The lowest BCUT2D eigenvalue weighted by atomic mass is 10.1. The van der Waals surface area contributed by atoms with Gasteiger partial charge in [-0.2, -0.15) is 5.10 Å². The molecule has 0 amide bonds. The van der Waals surface area contributed by atoms with E-state index in [0.717, 1.165) is 12.7 Å². The van der Waals surface area contributed by atoms with Crippen LogP contribution < -0.4 is 10.6 Å². The van der Waals surface area contributed by atoms with Crippen molar-refractivity contribution in [2.24, 2.45) is 0 Å². The maximum atomic E-state index is 12.1. The van der Waals surface area contributed by atoms with E-state index in [1.807, 2.05) is 18.7 Å². The summed E-state index contributed by atoms with van der Waals surface area (Å²) in [5, 5.41) is 14.0. The monoisotopic (exact) mass is 316 g/mol. The van der Waals surface area contributed by atoms with Crippen molar-refractivity contribution >= 4 is 21.5 Å². The molecular formula is C13H24N4O3S. The first-order valence-corrected chi connectivity index (χ1v) is 9.15. The van der Waals surface area contributed by atoms with Gasteiger partial charge in [0.2, 0.25) is 0 Å². The van der Waals surface area contributed by atoms with Gasteiger partial charge in [0, 0.05) is 19.3 Å². The van der Waals surface area contributed by atoms with E-state index in [1.54, 1.807) is 4.68 Å². The minimum Gasteiger partial charge on any atom is -0.393 e. The van der Waals surface area contributed by atoms with Crippen molar-refractivity contribution in [1.29, 1.82) is 0 Å². The number of aliphatic hydroxyl groups is 1. The highest BCUT2D eigenvalue weighted by molar-refractivity contribution is 7.91. The van der Waals surface area contributed by atoms with Gasteiger partial charge in [0.25, 0.3) is 0 Å². The van der Waals surface area contributed by atoms with E-state index in [9.17, 15) is 13.5 Å². The van der Waals surface area contributed by atoms with Gasteiger partial charge in [0.05, 0.1) is 12.1 Å². The SMILES string of the molecule is CCC(C)n1nc(N2CCC(O)CC2)c(S(C)(=O)=O)c1N. The normalized spacial score (nSPS) is 19.0. The summed E-state index contributed by atoms with van der Waals surface area (Å²) in [6.45, 7) is 5.13. The Kier molecular flexibility index (Phi) is 4.48. The first kappa shape index (κ1) is 16.1. The topological polar surface area (TPSA) is 101 Å². The molecule has 0 radical (unpaired) electrons. The molecule has 1 atom stereocenters. The predicted octanol–water partition coefficient (Wildman–Crippen LogP) is 0.801. The van der Waals surface area contributed by atoms with Crippen molar-refractivity contribution in [3.05, 3.63) is 0 Å². The van der Waals surface area contributed by atoms with Crippen LogP contribution in [-0.4, -0.2) is 48.8 Å². The zero-order chi connectivity index (χ0) is 15.8. The molecule has 8 heteroatoms. The van der Waals surface area contributed by atoms with Crippen molar-refractivity contribution in [3.63, 3.8) is 0 Å². The number of aromatic nitrogens is 2. The average molecular weight is 316 g/mol. The summed E-state index contributed by atoms with van der Waals surface area (Å²) >= 11 is 0. The number of nitrogens with zero attached hydrogens (tertiary/aromatic N) is 3. The quantitative estimate of drug-likeness (QED) is 0.852. The zero-order valence-corrected chi connectivity index (χ0v) is 13.6. The molecule has 0 aromatic carbocycles. The second kappa shape index (κ2) is 5.84. The highest BCUT2D eigenvalue weighted by Crippen LogP contribution is 2.33. The molecule has 0 aliphatic carbocycles. The Hall–Kier alpha value is -1.28. The maximum absolute atomic E-state index is 12.1. The Morgan fingerprint density at radius 3 is 2.48 bits per heavy atom. The summed E-state index contributed by atoms with van der Waals surface area (Å²) in [7, 11) is -3.46. The van der Waals surface area contributed by atoms with Crippen LogP contribution in [0.5, 0.6) is 0 Å². The summed E-state index contributed by atoms with van der Waals surface area (Å²) in [6, 6.07) is 0.0367. The number of aliphatic hydroxyl groups excluding tert-OH is 1. The summed E-state index contributed by atoms with van der Waals surface area (Å²) in [5.41, 5.74) is 6.05. The summed E-state index contributed by atoms with van der Waals surface area (Å²) in [4.78, 5) is 2.01. The molecule has 3 N–H and O–H groups in total. The van der Waals surface area contributed by atoms with Crippen LogP contribution in [0.1, 0.15) is 39.2 Å². The molecular weight excluding hydrogens is 292 g/mol. The highest BCUT2D eigenvalue weighted by Gasteiger charge is 2.30. The van der Waals surface area contributed by atoms with Gasteiger partial charge >= 0.3 is 0 Å². The van der Waals surface area contributed by atoms with Gasteiger partial charge in [-0.25, -0.2) is 13.1 Å². The third-order valence-electron chi connectivity index (χ3n) is 4.03. The predicted molar refractivity (Wildman–Crippen MR) is 82.2 cm³/mol. The molecule has 1 saturated heterocycles. The van der Waals surface area contributed by atoms with E-state index in [2.05, 4.69) is 5.10 Å². The van der Waals surface area contributed by atoms with Crippen molar-refractivity contribution in [1.82, 2.24) is 9.78 Å². The first-order valence-electron chi connectivity index (χ1n) is 7.26. The van der Waals surface area contributed by atoms with Gasteiger partial charge in [0.1, 0.15) is 5.82 Å². The van der Waals surface area contributed by atoms with Crippen LogP contribution in [0.4, 0.5) is 11.6 Å². The molecule has 0 saturated carbocycles. The van der Waals surface area contributed by atoms with Crippen LogP contribution in [0, 0.1) is 0 Å². The third kappa shape index (κ3) is 3.16. The molecule has 21 heavy (non-hydrogen) atoms. The van der Waals surface area contributed by atoms with Crippen LogP contribution >= 0.6 is 0 Å². The minimum absolute atomic E-state index is 0.0367. The molecule has 1 fully saturated rings. The standard InChI is InChI=1S/C13H24N4O3S/c1-4-9(2)17-12(14)11(21(3,19)20)13(15-17)16-7-5-10(18)6-8-16/h9-10,18H,4-8,14H2,1-3H3. The van der Waals surface area contributed by atoms with E-state index in [0.29, 0.717) is 31.7 Å². The van der Waals surface area contributed by atoms with Crippen LogP contribution in [0.25, 0.3) is 0 Å². The molecule has 1 unspecified atom stereocenters. The number of piperidine rings is 1. The van der Waals surface area contributed by atoms with Gasteiger partial charge in [-0.15, -0.1) is 0 Å². The number of hydrogen-bond acceptors (Lipinski definition) is 6. The third-order valence-corrected chi connectivity index (χ3v) is 5.16. The number of anilines is 2. The fourth-order valence-electron chi connectivity index (χ4n) is 2.57. The number of rotatable bonds is 4. The lowest BCUT2D eigenvalue weighted by molar-refractivity contribution is 0.145. The maximum Gasteiger partial charge on any atom is 0.182 e. The van der Waals surface area contributed by atoms with Crippen LogP contribution in [0.2, 0.25) is 0 Å². The molecule has 2 rings (SSSR count).